The van der Waals surface area contributed by atoms with Gasteiger partial charge in [0.25, 0.3) is 0 Å². The van der Waals surface area contributed by atoms with Crippen molar-refractivity contribution in [1.82, 2.24) is 9.88 Å². The van der Waals surface area contributed by atoms with Gasteiger partial charge >= 0.3 is 0 Å². The second-order valence-corrected chi connectivity index (χ2v) is 5.23. The van der Waals surface area contributed by atoms with E-state index in [-0.39, 0.29) is 0 Å². The largest absolute Gasteiger partial charge is 0.330 e. The third-order valence-electron chi connectivity index (χ3n) is 4.14. The molecule has 0 bridgehead atoms. The Morgan fingerprint density at radius 3 is 2.83 bits per heavy atom. The summed E-state index contributed by atoms with van der Waals surface area (Å²) in [5, 5.41) is 0. The fraction of sp³-hybridized carbons (Fsp3) is 0.667. The van der Waals surface area contributed by atoms with Gasteiger partial charge in [-0.2, -0.15) is 0 Å². The van der Waals surface area contributed by atoms with Crippen molar-refractivity contribution in [2.24, 2.45) is 11.7 Å². The van der Waals surface area contributed by atoms with Crippen LogP contribution in [0.2, 0.25) is 0 Å². The molecule has 3 nitrogen and oxygen atoms in total. The normalized spacial score (nSPS) is 24.4. The maximum absolute atomic E-state index is 5.94. The number of rotatable bonds is 5. The molecule has 2 atom stereocenters. The van der Waals surface area contributed by atoms with Crippen molar-refractivity contribution >= 4 is 0 Å². The van der Waals surface area contributed by atoms with E-state index in [1.807, 2.05) is 12.3 Å². The van der Waals surface area contributed by atoms with Crippen LogP contribution in [0.4, 0.5) is 0 Å². The molecule has 1 aromatic rings. The van der Waals surface area contributed by atoms with Gasteiger partial charge in [0.2, 0.25) is 0 Å². The van der Waals surface area contributed by atoms with E-state index in [4.69, 9.17) is 5.73 Å². The van der Waals surface area contributed by atoms with Gasteiger partial charge in [0.15, 0.2) is 0 Å². The summed E-state index contributed by atoms with van der Waals surface area (Å²) in [6.45, 7) is 5.10. The van der Waals surface area contributed by atoms with Crippen LogP contribution in [0.3, 0.4) is 0 Å². The Bertz CT molecular complexity index is 339. The van der Waals surface area contributed by atoms with Crippen molar-refractivity contribution in [2.45, 2.75) is 45.2 Å². The number of nitrogens with two attached hydrogens (primary N) is 1. The van der Waals surface area contributed by atoms with Gasteiger partial charge < -0.3 is 5.73 Å². The highest BCUT2D eigenvalue weighted by Gasteiger charge is 2.28. The molecule has 2 unspecified atom stereocenters. The summed E-state index contributed by atoms with van der Waals surface area (Å²) in [5.41, 5.74) is 7.10. The molecule has 1 aliphatic rings. The van der Waals surface area contributed by atoms with Gasteiger partial charge in [0, 0.05) is 18.8 Å². The molecule has 1 fully saturated rings. The fourth-order valence-electron chi connectivity index (χ4n) is 3.11. The van der Waals surface area contributed by atoms with Gasteiger partial charge in [-0.1, -0.05) is 25.8 Å². The first kappa shape index (κ1) is 13.5. The highest BCUT2D eigenvalue weighted by molar-refractivity contribution is 5.03. The predicted octanol–water partition coefficient (Wildman–Crippen LogP) is 2.42. The van der Waals surface area contributed by atoms with Gasteiger partial charge in [-0.3, -0.25) is 9.88 Å². The number of pyridine rings is 1. The van der Waals surface area contributed by atoms with Crippen LogP contribution in [-0.2, 0) is 6.54 Å². The second-order valence-electron chi connectivity index (χ2n) is 5.23. The number of nitrogens with zero attached hydrogens (tertiary/aromatic N) is 2. The molecule has 1 saturated carbocycles. The number of hydrogen-bond acceptors (Lipinski definition) is 3. The molecule has 1 heterocycles. The molecule has 2 rings (SSSR count). The van der Waals surface area contributed by atoms with Crippen molar-refractivity contribution in [2.75, 3.05) is 13.1 Å². The van der Waals surface area contributed by atoms with Crippen LogP contribution in [0.15, 0.2) is 24.4 Å². The zero-order valence-electron chi connectivity index (χ0n) is 11.4. The first-order valence-corrected chi connectivity index (χ1v) is 7.19. The van der Waals surface area contributed by atoms with E-state index in [1.54, 1.807) is 0 Å². The number of hydrogen-bond donors (Lipinski definition) is 1. The van der Waals surface area contributed by atoms with E-state index in [0.29, 0.717) is 12.0 Å². The van der Waals surface area contributed by atoms with E-state index in [1.165, 1.54) is 31.4 Å². The van der Waals surface area contributed by atoms with Crippen LogP contribution < -0.4 is 5.73 Å². The molecule has 3 heteroatoms. The molecule has 100 valence electrons. The lowest BCUT2D eigenvalue weighted by atomic mass is 9.83. The van der Waals surface area contributed by atoms with Crippen LogP contribution >= 0.6 is 0 Å². The summed E-state index contributed by atoms with van der Waals surface area (Å²) >= 11 is 0. The average Bonchev–Trinajstić information content (AvgIpc) is 2.46. The lowest BCUT2D eigenvalue weighted by Gasteiger charge is -2.39. The summed E-state index contributed by atoms with van der Waals surface area (Å²) < 4.78 is 0. The molecule has 0 aliphatic heterocycles. The minimum atomic E-state index is 0.649. The van der Waals surface area contributed by atoms with Crippen molar-refractivity contribution in [3.63, 3.8) is 0 Å². The molecule has 0 radical (unpaired) electrons. The van der Waals surface area contributed by atoms with Crippen LogP contribution in [0, 0.1) is 5.92 Å². The highest BCUT2D eigenvalue weighted by Crippen LogP contribution is 2.28. The monoisotopic (exact) mass is 247 g/mol. The summed E-state index contributed by atoms with van der Waals surface area (Å²) in [6.07, 6.45) is 7.16. The molecule has 1 aliphatic carbocycles. The molecular weight excluding hydrogens is 222 g/mol. The molecule has 0 saturated heterocycles. The van der Waals surface area contributed by atoms with Gasteiger partial charge in [-0.25, -0.2) is 0 Å². The highest BCUT2D eigenvalue weighted by atomic mass is 15.2. The summed E-state index contributed by atoms with van der Waals surface area (Å²) in [5.74, 6) is 0.669. The quantitative estimate of drug-likeness (QED) is 0.869. The molecule has 0 aromatic carbocycles. The van der Waals surface area contributed by atoms with Crippen molar-refractivity contribution in [3.05, 3.63) is 30.1 Å². The topological polar surface area (TPSA) is 42.2 Å². The van der Waals surface area contributed by atoms with E-state index in [2.05, 4.69) is 28.9 Å². The molecule has 18 heavy (non-hydrogen) atoms. The van der Waals surface area contributed by atoms with E-state index in [9.17, 15) is 0 Å². The average molecular weight is 247 g/mol. The minimum Gasteiger partial charge on any atom is -0.330 e. The van der Waals surface area contributed by atoms with Gasteiger partial charge in [-0.05, 0) is 44.0 Å². The predicted molar refractivity (Wildman–Crippen MR) is 75.1 cm³/mol. The van der Waals surface area contributed by atoms with Crippen molar-refractivity contribution < 1.29 is 0 Å². The fourth-order valence-corrected chi connectivity index (χ4v) is 3.11. The molecule has 1 aromatic heterocycles. The lowest BCUT2D eigenvalue weighted by molar-refractivity contribution is 0.104. The van der Waals surface area contributed by atoms with Crippen LogP contribution in [0.5, 0.6) is 0 Å². The van der Waals surface area contributed by atoms with Crippen molar-refractivity contribution in [1.29, 1.82) is 0 Å². The molecular formula is C15H25N3. The molecule has 2 N–H and O–H groups in total. The van der Waals surface area contributed by atoms with E-state index < -0.39 is 0 Å². The Morgan fingerprint density at radius 2 is 2.17 bits per heavy atom. The Balaban J connectivity index is 2.03. The maximum atomic E-state index is 5.94. The van der Waals surface area contributed by atoms with Gasteiger partial charge in [0.05, 0.1) is 5.69 Å². The number of aromatic nitrogens is 1. The second kappa shape index (κ2) is 6.86. The standard InChI is InChI=1S/C15H25N3/c1-2-18(12-14-8-5-6-10-17-14)15-9-4-3-7-13(15)11-16/h5-6,8,10,13,15H,2-4,7,9,11-12,16H2,1H3. The third-order valence-corrected chi connectivity index (χ3v) is 4.14. The smallest absolute Gasteiger partial charge is 0.0544 e. The molecule has 0 amide bonds. The van der Waals surface area contributed by atoms with Gasteiger partial charge in [0.1, 0.15) is 0 Å². The first-order chi connectivity index (χ1) is 8.85. The summed E-state index contributed by atoms with van der Waals surface area (Å²) in [7, 11) is 0. The Morgan fingerprint density at radius 1 is 1.33 bits per heavy atom. The van der Waals surface area contributed by atoms with E-state index >= 15 is 0 Å². The van der Waals surface area contributed by atoms with Crippen LogP contribution in [-0.4, -0.2) is 29.0 Å². The Hall–Kier alpha value is -0.930. The van der Waals surface area contributed by atoms with E-state index in [0.717, 1.165) is 19.6 Å². The zero-order valence-corrected chi connectivity index (χ0v) is 11.4. The lowest BCUT2D eigenvalue weighted by Crippen LogP contribution is -2.44. The Labute approximate surface area is 110 Å². The minimum absolute atomic E-state index is 0.649. The van der Waals surface area contributed by atoms with Crippen LogP contribution in [0.1, 0.15) is 38.3 Å². The van der Waals surface area contributed by atoms with Crippen molar-refractivity contribution in [3.8, 4) is 0 Å². The van der Waals surface area contributed by atoms with Gasteiger partial charge in [-0.15, -0.1) is 0 Å². The summed E-state index contributed by atoms with van der Waals surface area (Å²) in [6, 6.07) is 6.81. The summed E-state index contributed by atoms with van der Waals surface area (Å²) in [4.78, 5) is 6.99. The molecule has 0 spiro atoms. The maximum Gasteiger partial charge on any atom is 0.0544 e. The first-order valence-electron chi connectivity index (χ1n) is 7.19. The zero-order chi connectivity index (χ0) is 12.8. The van der Waals surface area contributed by atoms with Crippen LogP contribution in [0.25, 0.3) is 0 Å². The SMILES string of the molecule is CCN(Cc1ccccn1)C1CCCCC1CN. The third kappa shape index (κ3) is 3.30. The Kier molecular flexibility index (Phi) is 5.14.